The molecule has 0 amide bonds. The molecular formula is C11H17N3O2S2. The third-order valence-electron chi connectivity index (χ3n) is 2.29. The molecule has 7 heteroatoms. The van der Waals surface area contributed by atoms with Crippen LogP contribution in [0, 0.1) is 0 Å². The van der Waals surface area contributed by atoms with Gasteiger partial charge in [-0.05, 0) is 20.8 Å². The second kappa shape index (κ2) is 5.52. The number of hydrogen-bond acceptors (Lipinski definition) is 6. The lowest BCUT2D eigenvalue weighted by molar-refractivity contribution is 0.00616. The molecule has 2 heterocycles. The maximum absolute atomic E-state index is 12.0. The van der Waals surface area contributed by atoms with E-state index < -0.39 is 11.6 Å². The van der Waals surface area contributed by atoms with Crippen molar-refractivity contribution < 1.29 is 9.53 Å². The zero-order valence-electron chi connectivity index (χ0n) is 10.7. The molecule has 1 N–H and O–H groups in total. The van der Waals surface area contributed by atoms with Gasteiger partial charge in [0.1, 0.15) is 11.3 Å². The van der Waals surface area contributed by atoms with Crippen LogP contribution in [0.3, 0.4) is 0 Å². The van der Waals surface area contributed by atoms with Gasteiger partial charge < -0.3 is 4.74 Å². The number of hydrogen-bond donors (Lipinski definition) is 1. The lowest BCUT2D eigenvalue weighted by atomic mass is 10.2. The summed E-state index contributed by atoms with van der Waals surface area (Å²) < 4.78 is 5.34. The highest BCUT2D eigenvalue weighted by Crippen LogP contribution is 2.36. The van der Waals surface area contributed by atoms with Gasteiger partial charge in [0.05, 0.1) is 5.25 Å². The van der Waals surface area contributed by atoms with Crippen molar-refractivity contribution in [3.8, 4) is 0 Å². The number of carbonyl (C=O) groups excluding carboxylic acids is 1. The van der Waals surface area contributed by atoms with E-state index >= 15 is 0 Å². The molecule has 18 heavy (non-hydrogen) atoms. The van der Waals surface area contributed by atoms with E-state index in [1.165, 1.54) is 0 Å². The van der Waals surface area contributed by atoms with E-state index in [9.17, 15) is 4.79 Å². The van der Waals surface area contributed by atoms with Crippen molar-refractivity contribution in [2.75, 3.05) is 17.3 Å². The number of carbonyl (C=O) groups is 1. The van der Waals surface area contributed by atoms with Crippen molar-refractivity contribution in [1.82, 2.24) is 15.4 Å². The van der Waals surface area contributed by atoms with Gasteiger partial charge >= 0.3 is 5.97 Å². The highest BCUT2D eigenvalue weighted by Gasteiger charge is 2.29. The van der Waals surface area contributed by atoms with Crippen molar-refractivity contribution in [1.29, 1.82) is 0 Å². The van der Waals surface area contributed by atoms with Crippen LogP contribution in [0.5, 0.6) is 0 Å². The molecule has 1 atom stereocenters. The van der Waals surface area contributed by atoms with E-state index in [1.54, 1.807) is 0 Å². The molecule has 1 aliphatic rings. The first-order valence-corrected chi connectivity index (χ1v) is 8.01. The number of ether oxygens (including phenoxy) is 1. The first-order chi connectivity index (χ1) is 8.47. The number of nitrogens with one attached hydrogen (secondary N) is 1. The van der Waals surface area contributed by atoms with Gasteiger partial charge in [0, 0.05) is 17.3 Å². The minimum Gasteiger partial charge on any atom is -0.455 e. The van der Waals surface area contributed by atoms with E-state index in [2.05, 4.69) is 15.4 Å². The Kier molecular flexibility index (Phi) is 4.21. The number of nitrogens with zero attached hydrogens (tertiary/aromatic N) is 2. The van der Waals surface area contributed by atoms with E-state index in [1.807, 2.05) is 44.3 Å². The largest absolute Gasteiger partial charge is 0.455 e. The molecule has 0 spiro atoms. The van der Waals surface area contributed by atoms with Crippen molar-refractivity contribution >= 4 is 29.5 Å². The molecule has 2 rings (SSSR count). The zero-order chi connectivity index (χ0) is 13.2. The van der Waals surface area contributed by atoms with Gasteiger partial charge in [-0.25, -0.2) is 4.79 Å². The van der Waals surface area contributed by atoms with Gasteiger partial charge in [-0.1, -0.05) is 0 Å². The predicted molar refractivity (Wildman–Crippen MR) is 74.1 cm³/mol. The van der Waals surface area contributed by atoms with Crippen LogP contribution in [0.15, 0.2) is 0 Å². The van der Waals surface area contributed by atoms with E-state index in [0.29, 0.717) is 5.69 Å². The van der Waals surface area contributed by atoms with Crippen LogP contribution in [0.25, 0.3) is 0 Å². The van der Waals surface area contributed by atoms with Gasteiger partial charge in [0.15, 0.2) is 5.69 Å². The Bertz CT molecular complexity index is 422. The van der Waals surface area contributed by atoms with Crippen LogP contribution in [0.1, 0.15) is 42.2 Å². The molecule has 100 valence electrons. The van der Waals surface area contributed by atoms with Crippen LogP contribution < -0.4 is 0 Å². The summed E-state index contributed by atoms with van der Waals surface area (Å²) in [6.07, 6.45) is 0. The molecule has 0 aliphatic carbocycles. The minimum absolute atomic E-state index is 0.227. The number of rotatable bonds is 2. The lowest BCUT2D eigenvalue weighted by Crippen LogP contribution is -2.25. The SMILES string of the molecule is CC(C)(C)OC(=O)c1n[nH]nc1C1CSCCS1. The average Bonchev–Trinajstić information content (AvgIpc) is 2.76. The zero-order valence-corrected chi connectivity index (χ0v) is 12.4. The standard InChI is InChI=1S/C11H17N3O2S2/c1-11(2,3)16-10(15)9-8(12-14-13-9)7-6-17-4-5-18-7/h7H,4-6H2,1-3H3,(H,12,13,14). The summed E-state index contributed by atoms with van der Waals surface area (Å²) in [4.78, 5) is 12.0. The van der Waals surface area contributed by atoms with Crippen molar-refractivity contribution in [2.24, 2.45) is 0 Å². The van der Waals surface area contributed by atoms with Crippen LogP contribution in [0.2, 0.25) is 0 Å². The fourth-order valence-corrected chi connectivity index (χ4v) is 4.26. The summed E-state index contributed by atoms with van der Waals surface area (Å²) in [6.45, 7) is 5.53. The minimum atomic E-state index is -0.512. The average molecular weight is 287 g/mol. The third kappa shape index (κ3) is 3.41. The van der Waals surface area contributed by atoms with Gasteiger partial charge in [0.2, 0.25) is 0 Å². The maximum atomic E-state index is 12.0. The van der Waals surface area contributed by atoms with Gasteiger partial charge in [-0.15, -0.1) is 5.10 Å². The Labute approximate surface area is 115 Å². The predicted octanol–water partition coefficient (Wildman–Crippen LogP) is 2.28. The fraction of sp³-hybridized carbons (Fsp3) is 0.727. The first kappa shape index (κ1) is 13.7. The second-order valence-electron chi connectivity index (χ2n) is 4.99. The highest BCUT2D eigenvalue weighted by molar-refractivity contribution is 8.06. The normalized spacial score (nSPS) is 20.7. The number of esters is 1. The first-order valence-electron chi connectivity index (χ1n) is 5.81. The topological polar surface area (TPSA) is 67.9 Å². The molecule has 1 aliphatic heterocycles. The van der Waals surface area contributed by atoms with Crippen molar-refractivity contribution in [2.45, 2.75) is 31.6 Å². The number of aromatic nitrogens is 3. The van der Waals surface area contributed by atoms with Crippen LogP contribution in [-0.2, 0) is 4.74 Å². The van der Waals surface area contributed by atoms with Crippen molar-refractivity contribution in [3.05, 3.63) is 11.4 Å². The fourth-order valence-electron chi connectivity index (χ4n) is 1.59. The van der Waals surface area contributed by atoms with Crippen LogP contribution in [-0.4, -0.2) is 44.2 Å². The Morgan fingerprint density at radius 1 is 1.39 bits per heavy atom. The lowest BCUT2D eigenvalue weighted by Gasteiger charge is -2.21. The summed E-state index contributed by atoms with van der Waals surface area (Å²) >= 11 is 3.70. The van der Waals surface area contributed by atoms with Gasteiger partial charge in [0.25, 0.3) is 0 Å². The number of aromatic amines is 1. The smallest absolute Gasteiger partial charge is 0.361 e. The summed E-state index contributed by atoms with van der Waals surface area (Å²) in [5, 5.41) is 10.8. The van der Waals surface area contributed by atoms with E-state index in [0.717, 1.165) is 23.0 Å². The molecule has 1 aromatic rings. The van der Waals surface area contributed by atoms with Gasteiger partial charge in [-0.3, -0.25) is 0 Å². The molecule has 1 saturated heterocycles. The maximum Gasteiger partial charge on any atom is 0.361 e. The Morgan fingerprint density at radius 3 is 2.78 bits per heavy atom. The molecule has 5 nitrogen and oxygen atoms in total. The molecule has 1 aromatic heterocycles. The molecule has 1 unspecified atom stereocenters. The molecule has 1 fully saturated rings. The second-order valence-corrected chi connectivity index (χ2v) is 7.45. The van der Waals surface area contributed by atoms with Crippen molar-refractivity contribution in [3.63, 3.8) is 0 Å². The van der Waals surface area contributed by atoms with E-state index in [-0.39, 0.29) is 5.25 Å². The summed E-state index contributed by atoms with van der Waals surface area (Å²) in [7, 11) is 0. The molecule has 0 aromatic carbocycles. The monoisotopic (exact) mass is 287 g/mol. The number of thioether (sulfide) groups is 2. The quantitative estimate of drug-likeness (QED) is 0.842. The summed E-state index contributed by atoms with van der Waals surface area (Å²) in [5.74, 6) is 2.80. The van der Waals surface area contributed by atoms with Crippen LogP contribution >= 0.6 is 23.5 Å². The van der Waals surface area contributed by atoms with E-state index in [4.69, 9.17) is 4.74 Å². The summed E-state index contributed by atoms with van der Waals surface area (Å²) in [6, 6.07) is 0. The Balaban J connectivity index is 2.14. The number of H-pyrrole nitrogens is 1. The Morgan fingerprint density at radius 2 is 2.17 bits per heavy atom. The third-order valence-corrected chi connectivity index (χ3v) is 5.05. The molecule has 0 saturated carbocycles. The molecular weight excluding hydrogens is 270 g/mol. The Hall–Kier alpha value is -0.690. The molecule has 0 bridgehead atoms. The van der Waals surface area contributed by atoms with Crippen LogP contribution in [0.4, 0.5) is 0 Å². The summed E-state index contributed by atoms with van der Waals surface area (Å²) in [5.41, 5.74) is 0.535. The van der Waals surface area contributed by atoms with Gasteiger partial charge in [-0.2, -0.15) is 33.8 Å². The highest BCUT2D eigenvalue weighted by atomic mass is 32.2. The molecule has 0 radical (unpaired) electrons.